The number of halogens is 2. The van der Waals surface area contributed by atoms with E-state index in [0.717, 1.165) is 0 Å². The molecule has 4 heteroatoms. The molecule has 0 spiro atoms. The van der Waals surface area contributed by atoms with Gasteiger partial charge in [0, 0.05) is 18.9 Å². The van der Waals surface area contributed by atoms with Crippen LogP contribution in [-0.4, -0.2) is 23.7 Å². The lowest BCUT2D eigenvalue weighted by Crippen LogP contribution is -2.29. The highest BCUT2D eigenvalue weighted by Gasteiger charge is 2.43. The molecular weight excluding hydrogens is 164 g/mol. The molecule has 3 N–H and O–H groups in total. The Morgan fingerprint density at radius 2 is 2.25 bits per heavy atom. The summed E-state index contributed by atoms with van der Waals surface area (Å²) in [7, 11) is 0. The van der Waals surface area contributed by atoms with Gasteiger partial charge in [-0.1, -0.05) is 0 Å². The van der Waals surface area contributed by atoms with Crippen molar-refractivity contribution >= 4 is 0 Å². The van der Waals surface area contributed by atoms with Gasteiger partial charge in [0.1, 0.15) is 0 Å². The maximum Gasteiger partial charge on any atom is 0.251 e. The van der Waals surface area contributed by atoms with Gasteiger partial charge in [-0.3, -0.25) is 0 Å². The first-order valence-corrected chi connectivity index (χ1v) is 4.32. The summed E-state index contributed by atoms with van der Waals surface area (Å²) >= 11 is 0. The molecule has 1 rings (SSSR count). The fourth-order valence-electron chi connectivity index (χ4n) is 1.71. The van der Waals surface area contributed by atoms with Crippen LogP contribution in [0, 0.1) is 5.92 Å². The third-order valence-electron chi connectivity index (χ3n) is 2.49. The van der Waals surface area contributed by atoms with Gasteiger partial charge in [0.25, 0.3) is 5.92 Å². The van der Waals surface area contributed by atoms with Crippen LogP contribution >= 0.6 is 0 Å². The molecule has 0 aromatic rings. The molecule has 1 saturated carbocycles. The van der Waals surface area contributed by atoms with Gasteiger partial charge in [-0.25, -0.2) is 8.78 Å². The zero-order valence-electron chi connectivity index (χ0n) is 6.97. The second-order valence-electron chi connectivity index (χ2n) is 3.48. The van der Waals surface area contributed by atoms with Crippen molar-refractivity contribution in [3.8, 4) is 0 Å². The molecule has 2 unspecified atom stereocenters. The largest absolute Gasteiger partial charge is 0.392 e. The fraction of sp³-hybridized carbons (Fsp3) is 1.00. The van der Waals surface area contributed by atoms with Crippen LogP contribution in [0.1, 0.15) is 25.7 Å². The number of aliphatic hydroxyl groups is 1. The zero-order chi connectivity index (χ0) is 9.19. The van der Waals surface area contributed by atoms with Crippen molar-refractivity contribution in [1.29, 1.82) is 0 Å². The Kier molecular flexibility index (Phi) is 3.01. The summed E-state index contributed by atoms with van der Waals surface area (Å²) in [5.74, 6) is -3.23. The van der Waals surface area contributed by atoms with E-state index in [1.807, 2.05) is 0 Å². The topological polar surface area (TPSA) is 46.2 Å². The first kappa shape index (κ1) is 9.86. The number of hydrogen-bond acceptors (Lipinski definition) is 2. The third kappa shape index (κ3) is 2.14. The third-order valence-corrected chi connectivity index (χ3v) is 2.49. The van der Waals surface area contributed by atoms with E-state index in [1.54, 1.807) is 0 Å². The quantitative estimate of drug-likeness (QED) is 0.682. The van der Waals surface area contributed by atoms with Crippen LogP contribution in [0.2, 0.25) is 0 Å². The van der Waals surface area contributed by atoms with E-state index in [2.05, 4.69) is 0 Å². The monoisotopic (exact) mass is 179 g/mol. The lowest BCUT2D eigenvalue weighted by molar-refractivity contribution is -0.0514. The van der Waals surface area contributed by atoms with Crippen molar-refractivity contribution in [2.24, 2.45) is 11.7 Å². The maximum absolute atomic E-state index is 13.0. The van der Waals surface area contributed by atoms with Gasteiger partial charge in [0.05, 0.1) is 6.10 Å². The number of hydrogen-bond donors (Lipinski definition) is 2. The highest BCUT2D eigenvalue weighted by atomic mass is 19.3. The summed E-state index contributed by atoms with van der Waals surface area (Å²) in [5, 5.41) is 9.09. The molecule has 0 amide bonds. The second-order valence-corrected chi connectivity index (χ2v) is 3.48. The Hall–Kier alpha value is -0.220. The summed E-state index contributed by atoms with van der Waals surface area (Å²) in [6.45, 7) is 0.0760. The van der Waals surface area contributed by atoms with E-state index >= 15 is 0 Å². The van der Waals surface area contributed by atoms with E-state index in [-0.39, 0.29) is 19.4 Å². The van der Waals surface area contributed by atoms with Crippen LogP contribution in [0.4, 0.5) is 8.78 Å². The molecule has 12 heavy (non-hydrogen) atoms. The first-order chi connectivity index (χ1) is 5.56. The molecule has 1 aliphatic rings. The molecule has 0 heterocycles. The Morgan fingerprint density at radius 1 is 1.58 bits per heavy atom. The lowest BCUT2D eigenvalue weighted by atomic mass is 9.97. The number of nitrogens with two attached hydrogens (primary N) is 1. The number of aliphatic hydroxyl groups excluding tert-OH is 1. The molecule has 0 saturated heterocycles. The smallest absolute Gasteiger partial charge is 0.251 e. The molecule has 2 nitrogen and oxygen atoms in total. The molecule has 1 fully saturated rings. The van der Waals surface area contributed by atoms with Crippen LogP contribution in [0.15, 0.2) is 0 Å². The highest BCUT2D eigenvalue weighted by Crippen LogP contribution is 2.42. The lowest BCUT2D eigenvalue weighted by Gasteiger charge is -2.20. The summed E-state index contributed by atoms with van der Waals surface area (Å²) in [5.41, 5.74) is 5.14. The van der Waals surface area contributed by atoms with Gasteiger partial charge < -0.3 is 10.8 Å². The first-order valence-electron chi connectivity index (χ1n) is 4.32. The standard InChI is InChI=1S/C8H15F2NO/c9-8(10)3-1-2-6(8)4-7(12)5-11/h6-7,12H,1-5,11H2. The van der Waals surface area contributed by atoms with Gasteiger partial charge in [0.2, 0.25) is 0 Å². The predicted octanol–water partition coefficient (Wildman–Crippen LogP) is 1.13. The molecule has 72 valence electrons. The Morgan fingerprint density at radius 3 is 2.67 bits per heavy atom. The van der Waals surface area contributed by atoms with Crippen molar-refractivity contribution in [3.63, 3.8) is 0 Å². The van der Waals surface area contributed by atoms with Gasteiger partial charge in [0.15, 0.2) is 0 Å². The zero-order valence-corrected chi connectivity index (χ0v) is 6.97. The van der Waals surface area contributed by atoms with Crippen molar-refractivity contribution in [2.75, 3.05) is 6.54 Å². The average molecular weight is 179 g/mol. The summed E-state index contributed by atoms with van der Waals surface area (Å²) < 4.78 is 25.9. The Bertz CT molecular complexity index is 152. The molecule has 0 aromatic carbocycles. The van der Waals surface area contributed by atoms with E-state index < -0.39 is 17.9 Å². The summed E-state index contributed by atoms with van der Waals surface area (Å²) in [6.07, 6.45) is 0.427. The van der Waals surface area contributed by atoms with Crippen LogP contribution < -0.4 is 5.73 Å². The van der Waals surface area contributed by atoms with Gasteiger partial charge in [-0.2, -0.15) is 0 Å². The van der Waals surface area contributed by atoms with Crippen LogP contribution in [0.5, 0.6) is 0 Å². The Balaban J connectivity index is 2.41. The van der Waals surface area contributed by atoms with Crippen LogP contribution in [-0.2, 0) is 0 Å². The van der Waals surface area contributed by atoms with E-state index in [9.17, 15) is 8.78 Å². The van der Waals surface area contributed by atoms with Crippen molar-refractivity contribution in [1.82, 2.24) is 0 Å². The predicted molar refractivity (Wildman–Crippen MR) is 42.0 cm³/mol. The Labute approximate surface area is 70.8 Å². The van der Waals surface area contributed by atoms with Crippen LogP contribution in [0.3, 0.4) is 0 Å². The maximum atomic E-state index is 13.0. The molecule has 0 aromatic heterocycles. The van der Waals surface area contributed by atoms with Gasteiger partial charge >= 0.3 is 0 Å². The van der Waals surface area contributed by atoms with E-state index in [1.165, 1.54) is 0 Å². The van der Waals surface area contributed by atoms with E-state index in [0.29, 0.717) is 12.8 Å². The second kappa shape index (κ2) is 3.66. The molecule has 1 aliphatic carbocycles. The minimum Gasteiger partial charge on any atom is -0.392 e. The van der Waals surface area contributed by atoms with Gasteiger partial charge in [-0.15, -0.1) is 0 Å². The average Bonchev–Trinajstić information content (AvgIpc) is 2.31. The molecule has 2 atom stereocenters. The fourth-order valence-corrected chi connectivity index (χ4v) is 1.71. The van der Waals surface area contributed by atoms with E-state index in [4.69, 9.17) is 10.8 Å². The number of rotatable bonds is 3. The van der Waals surface area contributed by atoms with Crippen molar-refractivity contribution in [3.05, 3.63) is 0 Å². The molecule has 0 aliphatic heterocycles. The SMILES string of the molecule is NCC(O)CC1CCCC1(F)F. The van der Waals surface area contributed by atoms with Crippen molar-refractivity contribution in [2.45, 2.75) is 37.7 Å². The summed E-state index contributed by atoms with van der Waals surface area (Å²) in [6, 6.07) is 0. The molecular formula is C8H15F2NO. The van der Waals surface area contributed by atoms with Crippen LogP contribution in [0.25, 0.3) is 0 Å². The van der Waals surface area contributed by atoms with Gasteiger partial charge in [-0.05, 0) is 19.3 Å². The number of alkyl halides is 2. The minimum absolute atomic E-state index is 0.0328. The molecule has 0 bridgehead atoms. The minimum atomic E-state index is -2.57. The normalized spacial score (nSPS) is 30.5. The van der Waals surface area contributed by atoms with Crippen molar-refractivity contribution < 1.29 is 13.9 Å². The highest BCUT2D eigenvalue weighted by molar-refractivity contribution is 4.85. The summed E-state index contributed by atoms with van der Waals surface area (Å²) in [4.78, 5) is 0. The molecule has 0 radical (unpaired) electrons.